The van der Waals surface area contributed by atoms with Gasteiger partial charge in [0, 0.05) is 0 Å². The number of benzene rings is 1. The fraction of sp³-hybridized carbons (Fsp3) is 0.125. The third-order valence-electron chi connectivity index (χ3n) is 1.40. The molecule has 0 fully saturated rings. The van der Waals surface area contributed by atoms with E-state index in [1.165, 1.54) is 5.56 Å². The van der Waals surface area contributed by atoms with Gasteiger partial charge in [0.25, 0.3) is 0 Å². The zero-order chi connectivity index (χ0) is 7.40. The van der Waals surface area contributed by atoms with Crippen molar-refractivity contribution in [2.75, 3.05) is 0 Å². The van der Waals surface area contributed by atoms with Crippen LogP contribution in [0.15, 0.2) is 29.4 Å². The minimum Gasteiger partial charge on any atom is -0.323 e. The molecule has 0 aliphatic carbocycles. The summed E-state index contributed by atoms with van der Waals surface area (Å²) in [7, 11) is 0. The van der Waals surface area contributed by atoms with Gasteiger partial charge in [-0.3, -0.25) is 0 Å². The van der Waals surface area contributed by atoms with Crippen molar-refractivity contribution in [2.45, 2.75) is 6.92 Å². The van der Waals surface area contributed by atoms with E-state index in [1.54, 1.807) is 6.21 Å². The Balaban J connectivity index is 3.03. The molecule has 0 radical (unpaired) electrons. The topological polar surface area (TPSA) is 38.4 Å². The van der Waals surface area contributed by atoms with E-state index in [0.29, 0.717) is 0 Å². The molecule has 0 aliphatic heterocycles. The number of nitrogens with zero attached hydrogens (tertiary/aromatic N) is 1. The van der Waals surface area contributed by atoms with Gasteiger partial charge in [-0.25, -0.2) is 0 Å². The highest BCUT2D eigenvalue weighted by Crippen LogP contribution is 2.02. The third kappa shape index (κ3) is 1.35. The number of nitrogens with two attached hydrogens (primary N) is 1. The van der Waals surface area contributed by atoms with E-state index in [9.17, 15) is 0 Å². The van der Waals surface area contributed by atoms with Crippen LogP contribution in [0.5, 0.6) is 0 Å². The third-order valence-corrected chi connectivity index (χ3v) is 1.40. The van der Waals surface area contributed by atoms with Crippen LogP contribution in [0.3, 0.4) is 0 Å². The van der Waals surface area contributed by atoms with E-state index in [-0.39, 0.29) is 0 Å². The first kappa shape index (κ1) is 6.81. The Morgan fingerprint density at radius 1 is 1.40 bits per heavy atom. The second kappa shape index (κ2) is 3.01. The highest BCUT2D eigenvalue weighted by Gasteiger charge is 1.89. The first-order valence-electron chi connectivity index (χ1n) is 3.13. The lowest BCUT2D eigenvalue weighted by molar-refractivity contribution is 1.26. The number of aryl methyl sites for hydroxylation is 1. The zero-order valence-electron chi connectivity index (χ0n) is 5.91. The Bertz CT molecular complexity index is 241. The van der Waals surface area contributed by atoms with Crippen molar-refractivity contribution in [3.63, 3.8) is 0 Å². The van der Waals surface area contributed by atoms with Crippen molar-refractivity contribution in [1.29, 1.82) is 0 Å². The summed E-state index contributed by atoms with van der Waals surface area (Å²) in [5.74, 6) is 5.00. The number of hydrogen-bond acceptors (Lipinski definition) is 2. The summed E-state index contributed by atoms with van der Waals surface area (Å²) in [6, 6.07) is 7.95. The molecule has 1 aromatic rings. The molecular weight excluding hydrogens is 124 g/mol. The van der Waals surface area contributed by atoms with Gasteiger partial charge < -0.3 is 5.84 Å². The molecule has 2 heteroatoms. The molecule has 0 saturated carbocycles. The highest BCUT2D eigenvalue weighted by atomic mass is 15.1. The van der Waals surface area contributed by atoms with Crippen molar-refractivity contribution < 1.29 is 0 Å². The molecule has 2 N–H and O–H groups in total. The number of hydrazone groups is 1. The summed E-state index contributed by atoms with van der Waals surface area (Å²) in [6.45, 7) is 2.02. The lowest BCUT2D eigenvalue weighted by Crippen LogP contribution is -1.88. The normalized spacial score (nSPS) is 10.5. The fourth-order valence-electron chi connectivity index (χ4n) is 0.812. The molecule has 0 aromatic heterocycles. The summed E-state index contributed by atoms with van der Waals surface area (Å²) >= 11 is 0. The summed E-state index contributed by atoms with van der Waals surface area (Å²) < 4.78 is 0. The van der Waals surface area contributed by atoms with Crippen molar-refractivity contribution in [1.82, 2.24) is 0 Å². The lowest BCUT2D eigenvalue weighted by atomic mass is 10.1. The molecule has 0 spiro atoms. The van der Waals surface area contributed by atoms with Crippen LogP contribution in [0, 0.1) is 6.92 Å². The summed E-state index contributed by atoms with van der Waals surface area (Å²) in [6.07, 6.45) is 1.65. The molecule has 0 atom stereocenters. The van der Waals surface area contributed by atoms with Crippen LogP contribution in [-0.2, 0) is 0 Å². The summed E-state index contributed by atoms with van der Waals surface area (Å²) in [5, 5.41) is 3.44. The smallest absolute Gasteiger partial charge is 0.0540 e. The molecule has 0 bridgehead atoms. The molecular formula is C8H10N2. The summed E-state index contributed by atoms with van der Waals surface area (Å²) in [5.41, 5.74) is 2.27. The highest BCUT2D eigenvalue weighted by molar-refractivity contribution is 5.81. The van der Waals surface area contributed by atoms with E-state index < -0.39 is 0 Å². The summed E-state index contributed by atoms with van der Waals surface area (Å²) in [4.78, 5) is 0. The average molecular weight is 134 g/mol. The molecule has 0 amide bonds. The van der Waals surface area contributed by atoms with Crippen LogP contribution in [0.2, 0.25) is 0 Å². The SMILES string of the molecule is Cc1ccccc1C=NN. The predicted octanol–water partition coefficient (Wildman–Crippen LogP) is 1.29. The van der Waals surface area contributed by atoms with Gasteiger partial charge in [-0.1, -0.05) is 24.3 Å². The van der Waals surface area contributed by atoms with Gasteiger partial charge in [0.1, 0.15) is 0 Å². The van der Waals surface area contributed by atoms with Crippen LogP contribution in [0.4, 0.5) is 0 Å². The van der Waals surface area contributed by atoms with Crippen molar-refractivity contribution in [3.8, 4) is 0 Å². The molecule has 2 nitrogen and oxygen atoms in total. The van der Waals surface area contributed by atoms with Gasteiger partial charge in [0.05, 0.1) is 6.21 Å². The van der Waals surface area contributed by atoms with E-state index in [1.807, 2.05) is 31.2 Å². The minimum absolute atomic E-state index is 1.07. The maximum absolute atomic E-state index is 5.00. The molecule has 0 heterocycles. The van der Waals surface area contributed by atoms with Gasteiger partial charge in [-0.15, -0.1) is 0 Å². The molecule has 1 aromatic carbocycles. The van der Waals surface area contributed by atoms with E-state index in [0.717, 1.165) is 5.56 Å². The quantitative estimate of drug-likeness (QED) is 0.351. The van der Waals surface area contributed by atoms with Crippen LogP contribution >= 0.6 is 0 Å². The Morgan fingerprint density at radius 2 is 2.10 bits per heavy atom. The molecule has 1 rings (SSSR count). The molecule has 0 aliphatic rings. The van der Waals surface area contributed by atoms with E-state index in [2.05, 4.69) is 5.10 Å². The van der Waals surface area contributed by atoms with Crippen molar-refractivity contribution in [2.24, 2.45) is 10.9 Å². The van der Waals surface area contributed by atoms with E-state index in [4.69, 9.17) is 5.84 Å². The maximum atomic E-state index is 5.00. The van der Waals surface area contributed by atoms with Crippen LogP contribution in [0.25, 0.3) is 0 Å². The Hall–Kier alpha value is -1.31. The van der Waals surface area contributed by atoms with Crippen molar-refractivity contribution in [3.05, 3.63) is 35.4 Å². The molecule has 10 heavy (non-hydrogen) atoms. The fourth-order valence-corrected chi connectivity index (χ4v) is 0.812. The standard InChI is InChI=1S/C8H10N2/c1-7-4-2-3-5-8(7)6-10-9/h2-6H,9H2,1H3. The van der Waals surface area contributed by atoms with Crippen LogP contribution < -0.4 is 5.84 Å². The van der Waals surface area contributed by atoms with Gasteiger partial charge in [0.15, 0.2) is 0 Å². The van der Waals surface area contributed by atoms with Crippen molar-refractivity contribution >= 4 is 6.21 Å². The minimum atomic E-state index is 1.07. The second-order valence-corrected chi connectivity index (χ2v) is 2.13. The van der Waals surface area contributed by atoms with Gasteiger partial charge in [0.2, 0.25) is 0 Å². The first-order valence-corrected chi connectivity index (χ1v) is 3.13. The molecule has 0 saturated heterocycles. The Labute approximate surface area is 60.4 Å². The molecule has 0 unspecified atom stereocenters. The second-order valence-electron chi connectivity index (χ2n) is 2.13. The van der Waals surface area contributed by atoms with Crippen LogP contribution in [-0.4, -0.2) is 6.21 Å². The van der Waals surface area contributed by atoms with E-state index >= 15 is 0 Å². The van der Waals surface area contributed by atoms with Crippen LogP contribution in [0.1, 0.15) is 11.1 Å². The Morgan fingerprint density at radius 3 is 2.70 bits per heavy atom. The first-order chi connectivity index (χ1) is 4.84. The maximum Gasteiger partial charge on any atom is 0.0540 e. The Kier molecular flexibility index (Phi) is 2.05. The monoisotopic (exact) mass is 134 g/mol. The number of rotatable bonds is 1. The largest absolute Gasteiger partial charge is 0.323 e. The molecule has 52 valence electrons. The van der Waals surface area contributed by atoms with Gasteiger partial charge in [-0.05, 0) is 18.1 Å². The predicted molar refractivity (Wildman–Crippen MR) is 43.0 cm³/mol. The van der Waals surface area contributed by atoms with Gasteiger partial charge in [-0.2, -0.15) is 5.10 Å². The lowest BCUT2D eigenvalue weighted by Gasteiger charge is -1.95. The number of hydrogen-bond donors (Lipinski definition) is 1. The average Bonchev–Trinajstić information content (AvgIpc) is 1.94. The zero-order valence-corrected chi connectivity index (χ0v) is 5.91. The van der Waals surface area contributed by atoms with Gasteiger partial charge >= 0.3 is 0 Å².